The first-order chi connectivity index (χ1) is 10.6. The molecule has 2 heterocycles. The first-order valence-corrected chi connectivity index (χ1v) is 8.53. The topological polar surface area (TPSA) is 42.2 Å². The fourth-order valence-electron chi connectivity index (χ4n) is 3.78. The van der Waals surface area contributed by atoms with E-state index in [0.29, 0.717) is 24.1 Å². The van der Waals surface area contributed by atoms with Gasteiger partial charge in [-0.05, 0) is 51.1 Å². The summed E-state index contributed by atoms with van der Waals surface area (Å²) in [7, 11) is 0. The van der Waals surface area contributed by atoms with Crippen molar-refractivity contribution in [1.82, 2.24) is 15.0 Å². The maximum absolute atomic E-state index is 13.3. The van der Waals surface area contributed by atoms with E-state index < -0.39 is 5.92 Å². The Hall–Kier alpha value is -1.04. The molecule has 1 aromatic heterocycles. The number of hydrogen-bond acceptors (Lipinski definition) is 4. The summed E-state index contributed by atoms with van der Waals surface area (Å²) in [5.74, 6) is -0.403. The third kappa shape index (κ3) is 3.16. The van der Waals surface area contributed by atoms with Crippen molar-refractivity contribution in [2.24, 2.45) is 5.92 Å². The highest BCUT2D eigenvalue weighted by molar-refractivity contribution is 5.04. The summed E-state index contributed by atoms with van der Waals surface area (Å²) in [6, 6.07) is 0. The van der Waals surface area contributed by atoms with Gasteiger partial charge in [-0.2, -0.15) is 4.98 Å². The van der Waals surface area contributed by atoms with E-state index in [-0.39, 0.29) is 18.8 Å². The quantitative estimate of drug-likeness (QED) is 0.852. The van der Waals surface area contributed by atoms with Crippen LogP contribution in [-0.2, 0) is 0 Å². The second-order valence-corrected chi connectivity index (χ2v) is 7.30. The molecule has 3 fully saturated rings. The zero-order valence-electron chi connectivity index (χ0n) is 12.8. The molecule has 1 aromatic rings. The molecule has 2 aliphatic carbocycles. The number of halogens is 2. The maximum atomic E-state index is 13.3. The summed E-state index contributed by atoms with van der Waals surface area (Å²) in [5, 5.41) is 3.98. The van der Waals surface area contributed by atoms with Gasteiger partial charge in [0.25, 0.3) is 0 Å². The van der Waals surface area contributed by atoms with Gasteiger partial charge in [0.15, 0.2) is 5.82 Å². The molecule has 3 aliphatic rings. The average molecular weight is 311 g/mol. The summed E-state index contributed by atoms with van der Waals surface area (Å²) in [4.78, 5) is 6.98. The van der Waals surface area contributed by atoms with Gasteiger partial charge in [0.1, 0.15) is 0 Å². The number of piperidine rings is 1. The molecule has 0 aromatic carbocycles. The molecule has 0 amide bonds. The van der Waals surface area contributed by atoms with Crippen molar-refractivity contribution in [1.29, 1.82) is 0 Å². The molecule has 1 atom stereocenters. The third-order valence-electron chi connectivity index (χ3n) is 5.38. The van der Waals surface area contributed by atoms with Gasteiger partial charge >= 0.3 is 0 Å². The predicted octanol–water partition coefficient (Wildman–Crippen LogP) is 3.56. The minimum absolute atomic E-state index is 0.0545. The van der Waals surface area contributed by atoms with E-state index in [1.54, 1.807) is 0 Å². The van der Waals surface area contributed by atoms with Gasteiger partial charge in [0.05, 0.1) is 0 Å². The van der Waals surface area contributed by atoms with Crippen LogP contribution in [0.4, 0.5) is 8.78 Å². The van der Waals surface area contributed by atoms with Crippen LogP contribution >= 0.6 is 0 Å². The lowest BCUT2D eigenvalue weighted by Gasteiger charge is -2.30. The normalized spacial score (nSPS) is 30.0. The Kier molecular flexibility index (Phi) is 3.67. The molecule has 6 heteroatoms. The smallest absolute Gasteiger partial charge is 0.248 e. The van der Waals surface area contributed by atoms with Crippen molar-refractivity contribution in [2.75, 3.05) is 19.6 Å². The molecule has 1 unspecified atom stereocenters. The van der Waals surface area contributed by atoms with Crippen molar-refractivity contribution in [3.63, 3.8) is 0 Å². The maximum Gasteiger partial charge on any atom is 0.248 e. The number of aromatic nitrogens is 2. The van der Waals surface area contributed by atoms with Crippen LogP contribution in [0.3, 0.4) is 0 Å². The van der Waals surface area contributed by atoms with E-state index in [4.69, 9.17) is 4.52 Å². The van der Waals surface area contributed by atoms with Crippen molar-refractivity contribution < 1.29 is 13.3 Å². The monoisotopic (exact) mass is 311 g/mol. The number of likely N-dealkylation sites (tertiary alicyclic amines) is 1. The lowest BCUT2D eigenvalue weighted by atomic mass is 9.96. The van der Waals surface area contributed by atoms with Crippen LogP contribution in [0.1, 0.15) is 68.5 Å². The molecule has 0 N–H and O–H groups in total. The average Bonchev–Trinajstić information content (AvgIpc) is 3.04. The second kappa shape index (κ2) is 5.55. The van der Waals surface area contributed by atoms with E-state index in [9.17, 15) is 8.78 Å². The van der Waals surface area contributed by atoms with Gasteiger partial charge in [-0.3, -0.25) is 0 Å². The first-order valence-electron chi connectivity index (χ1n) is 8.53. The number of hydrogen-bond donors (Lipinski definition) is 0. The van der Waals surface area contributed by atoms with Gasteiger partial charge in [0, 0.05) is 31.2 Å². The Balaban J connectivity index is 1.34. The Morgan fingerprint density at radius 3 is 2.50 bits per heavy atom. The third-order valence-corrected chi connectivity index (χ3v) is 5.38. The van der Waals surface area contributed by atoms with Crippen molar-refractivity contribution in [3.8, 4) is 0 Å². The van der Waals surface area contributed by atoms with Crippen molar-refractivity contribution in [3.05, 3.63) is 11.7 Å². The Labute approximate surface area is 129 Å². The highest BCUT2D eigenvalue weighted by Gasteiger charge is 2.42. The Morgan fingerprint density at radius 1 is 1.09 bits per heavy atom. The highest BCUT2D eigenvalue weighted by atomic mass is 19.3. The van der Waals surface area contributed by atoms with Crippen LogP contribution in [-0.4, -0.2) is 40.6 Å². The molecule has 1 aliphatic heterocycles. The van der Waals surface area contributed by atoms with Gasteiger partial charge in [0.2, 0.25) is 11.8 Å². The summed E-state index contributed by atoms with van der Waals surface area (Å²) < 4.78 is 32.0. The number of nitrogens with zero attached hydrogens (tertiary/aromatic N) is 3. The van der Waals surface area contributed by atoms with Crippen LogP contribution in [0, 0.1) is 5.92 Å². The Morgan fingerprint density at radius 2 is 1.86 bits per heavy atom. The molecule has 1 saturated heterocycles. The minimum atomic E-state index is -2.56. The molecule has 4 rings (SSSR count). The molecule has 122 valence electrons. The highest BCUT2D eigenvalue weighted by Crippen LogP contribution is 2.43. The fourth-order valence-corrected chi connectivity index (χ4v) is 3.78. The molecule has 0 radical (unpaired) electrons. The van der Waals surface area contributed by atoms with Gasteiger partial charge < -0.3 is 9.42 Å². The molecule has 2 saturated carbocycles. The van der Waals surface area contributed by atoms with Gasteiger partial charge in [-0.25, -0.2) is 8.78 Å². The number of rotatable bonds is 4. The summed E-state index contributed by atoms with van der Waals surface area (Å²) in [5.41, 5.74) is 0. The molecular weight excluding hydrogens is 288 g/mol. The first kappa shape index (κ1) is 14.5. The van der Waals surface area contributed by atoms with Crippen LogP contribution in [0.2, 0.25) is 0 Å². The molecule has 22 heavy (non-hydrogen) atoms. The van der Waals surface area contributed by atoms with E-state index >= 15 is 0 Å². The van der Waals surface area contributed by atoms with Crippen LogP contribution in [0.15, 0.2) is 4.52 Å². The second-order valence-electron chi connectivity index (χ2n) is 7.30. The molecule has 4 nitrogen and oxygen atoms in total. The Bertz CT molecular complexity index is 521. The van der Waals surface area contributed by atoms with E-state index in [1.165, 1.54) is 19.4 Å². The predicted molar refractivity (Wildman–Crippen MR) is 77.0 cm³/mol. The summed E-state index contributed by atoms with van der Waals surface area (Å²) >= 11 is 0. The largest absolute Gasteiger partial charge is 0.339 e. The van der Waals surface area contributed by atoms with Gasteiger partial charge in [-0.15, -0.1) is 0 Å². The summed E-state index contributed by atoms with van der Waals surface area (Å²) in [6.07, 6.45) is 5.13. The number of alkyl halides is 2. The fraction of sp³-hybridized carbons (Fsp3) is 0.875. The van der Waals surface area contributed by atoms with E-state index in [2.05, 4.69) is 15.0 Å². The van der Waals surface area contributed by atoms with Crippen molar-refractivity contribution >= 4 is 0 Å². The van der Waals surface area contributed by atoms with Gasteiger partial charge in [-0.1, -0.05) is 5.16 Å². The van der Waals surface area contributed by atoms with E-state index in [0.717, 1.165) is 31.8 Å². The van der Waals surface area contributed by atoms with Crippen molar-refractivity contribution in [2.45, 2.75) is 62.7 Å². The van der Waals surface area contributed by atoms with Crippen LogP contribution in [0.5, 0.6) is 0 Å². The SMILES string of the molecule is FC1(F)CCC(c2noc(C3CCN(CC4CC4)CC3)n2)C1. The summed E-state index contributed by atoms with van der Waals surface area (Å²) in [6.45, 7) is 3.40. The minimum Gasteiger partial charge on any atom is -0.339 e. The zero-order chi connectivity index (χ0) is 15.2. The zero-order valence-corrected chi connectivity index (χ0v) is 12.8. The van der Waals surface area contributed by atoms with Crippen LogP contribution in [0.25, 0.3) is 0 Å². The molecular formula is C16H23F2N3O. The van der Waals surface area contributed by atoms with E-state index in [1.807, 2.05) is 0 Å². The van der Waals surface area contributed by atoms with Crippen LogP contribution < -0.4 is 0 Å². The lowest BCUT2D eigenvalue weighted by molar-refractivity contribution is 0.00749. The molecule has 0 bridgehead atoms. The molecule has 0 spiro atoms. The standard InChI is InChI=1S/C16H23F2N3O/c17-16(18)6-3-13(9-16)14-19-15(22-20-14)12-4-7-21(8-5-12)10-11-1-2-11/h11-13H,1-10H2. The lowest BCUT2D eigenvalue weighted by Crippen LogP contribution is -2.34.